The number of aliphatic hydroxyl groups excluding tert-OH is 2. The number of hydrogen-bond donors (Lipinski definition) is 3. The van der Waals surface area contributed by atoms with Crippen molar-refractivity contribution >= 4 is 54.9 Å². The Kier molecular flexibility index (Phi) is 36.1. The molecule has 118 heavy (non-hydrogen) atoms. The molecule has 3 fully saturated rings. The van der Waals surface area contributed by atoms with Gasteiger partial charge in [-0.05, 0) is 219 Å². The van der Waals surface area contributed by atoms with Crippen molar-refractivity contribution < 1.29 is 55.6 Å². The summed E-state index contributed by atoms with van der Waals surface area (Å²) >= 11 is 7.00. The fourth-order valence-electron chi connectivity index (χ4n) is 16.2. The minimum atomic E-state index is -0.652. The van der Waals surface area contributed by atoms with Gasteiger partial charge in [0.25, 0.3) is 0 Å². The molecule has 1 spiro atoms. The zero-order valence-electron chi connectivity index (χ0n) is 68.4. The number of halogens is 3. The van der Waals surface area contributed by atoms with Crippen molar-refractivity contribution in [2.45, 2.75) is 81.1 Å². The normalized spacial score (nSPS) is 16.3. The van der Waals surface area contributed by atoms with Crippen molar-refractivity contribution in [1.29, 1.82) is 0 Å². The number of hydrogen-bond acceptors (Lipinski definition) is 11. The van der Waals surface area contributed by atoms with Crippen LogP contribution in [0.5, 0.6) is 34.5 Å². The Balaban J connectivity index is 0.000000153. The van der Waals surface area contributed by atoms with Gasteiger partial charge < -0.3 is 60.9 Å². The summed E-state index contributed by atoms with van der Waals surface area (Å²) in [4.78, 5) is 4.94. The fourth-order valence-corrected chi connectivity index (χ4v) is 17.1. The number of likely N-dealkylation sites (tertiary alicyclic amines) is 2. The molecule has 4 aliphatic rings. The number of fused-ring (bicyclic) bond motifs is 4. The first-order chi connectivity index (χ1) is 56.8. The second-order valence-corrected chi connectivity index (χ2v) is 31.4. The molecule has 0 bridgehead atoms. The number of benzene rings is 13. The van der Waals surface area contributed by atoms with Gasteiger partial charge in [0.15, 0.2) is 0 Å². The third kappa shape index (κ3) is 25.4. The average molecular weight is 1780 g/mol. The third-order valence-electron chi connectivity index (χ3n) is 22.0. The van der Waals surface area contributed by atoms with Crippen LogP contribution in [0.25, 0.3) is 0 Å². The first-order valence-corrected chi connectivity index (χ1v) is 41.4. The van der Waals surface area contributed by atoms with E-state index < -0.39 is 6.10 Å². The minimum absolute atomic E-state index is 0. The molecule has 3 heterocycles. The van der Waals surface area contributed by atoms with Crippen molar-refractivity contribution in [3.8, 4) is 34.5 Å². The van der Waals surface area contributed by atoms with Crippen molar-refractivity contribution in [3.63, 3.8) is 0 Å². The molecule has 0 saturated carbocycles. The number of β-amino-alcohol motifs (C(OH)–C–C–N with tert-alkyl or cyclic N) is 1. The van der Waals surface area contributed by atoms with Gasteiger partial charge in [-0.2, -0.15) is 18.2 Å². The predicted octanol–water partition coefficient (Wildman–Crippen LogP) is 18.1. The van der Waals surface area contributed by atoms with Crippen LogP contribution in [0.1, 0.15) is 120 Å². The Morgan fingerprint density at radius 3 is 1.47 bits per heavy atom. The molecule has 3 N–H and O–H groups in total. The van der Waals surface area contributed by atoms with Crippen molar-refractivity contribution in [2.75, 3.05) is 81.9 Å². The van der Waals surface area contributed by atoms with Gasteiger partial charge in [-0.1, -0.05) is 256 Å². The topological polar surface area (TPSA) is 114 Å². The van der Waals surface area contributed by atoms with Gasteiger partial charge in [-0.25, -0.2) is 0 Å². The van der Waals surface area contributed by atoms with Crippen molar-refractivity contribution in [2.24, 2.45) is 0 Å². The second-order valence-electron chi connectivity index (χ2n) is 29.6. The fraction of sp³-hybridized carbons (Fsp3) is 0.243. The van der Waals surface area contributed by atoms with Crippen LogP contribution < -0.4 is 50.7 Å². The van der Waals surface area contributed by atoms with E-state index in [-0.39, 0.29) is 57.5 Å². The van der Waals surface area contributed by atoms with Gasteiger partial charge in [-0.15, -0.1) is 12.1 Å². The number of nitrogens with one attached hydrogen (secondary N) is 1. The third-order valence-corrected chi connectivity index (χ3v) is 23.5. The van der Waals surface area contributed by atoms with E-state index in [0.717, 1.165) is 120 Å². The van der Waals surface area contributed by atoms with Crippen LogP contribution in [0, 0.1) is 6.07 Å². The van der Waals surface area contributed by atoms with Crippen molar-refractivity contribution in [1.82, 2.24) is 15.1 Å². The molecule has 3 aliphatic heterocycles. The van der Waals surface area contributed by atoms with Gasteiger partial charge in [0.2, 0.25) is 0 Å². The van der Waals surface area contributed by atoms with E-state index in [2.05, 4.69) is 259 Å². The van der Waals surface area contributed by atoms with E-state index in [1.165, 1.54) is 97.3 Å². The maximum atomic E-state index is 10.8. The van der Waals surface area contributed by atoms with Gasteiger partial charge in [0.05, 0.1) is 48.8 Å². The van der Waals surface area contributed by atoms with Gasteiger partial charge in [-0.3, -0.25) is 9.80 Å². The van der Waals surface area contributed by atoms with E-state index in [1.807, 2.05) is 109 Å². The standard InChI is InChI=1S/C25H27NO2.C25H27NO.C18H19NO.C14H13BrO2.C14H13BrO.C7H7O.BrH.Mg/c1-28-22-12-7-10-20(15-22)14-21-11-5-6-13-23(21)24-17-26(18-25(24)27)16-19-8-3-2-4-9-19;1-27-24-12-7-10-21(17-24)16-22-11-5-6-13-25(22)23-14-15-26(19-23)18-20-8-3-2-4-9-20;1-20-15-6-7-17-14(11-15)10-13-4-2-3-5-16(13)18(17)8-9-19-12-18;1-17-11-6-4-5-10(9-11)14(16)12-7-2-3-8-13(12)15;1-16-13-7-4-5-11(10-13)9-12-6-2-3-8-14(12)15;1-8-7-5-3-2-4-6-7;;/h2-13,15,24-25,27H,14,16-18H2,1H3;2-13,17,23H,14-16,18-19H2,1H3;2-7,11,19H,8-10,12H2,1H3;2-9,14,16H,1H3;2-8,10H,9H2,1H3;2-3,5-6H,1H3;1H;/q;;;;;-1;;+2/p-1. The first-order valence-electron chi connectivity index (χ1n) is 39.8. The monoisotopic (exact) mass is 1770 g/mol. The number of aliphatic hydroxyl groups is 2. The minimum Gasteiger partial charge on any atom is -1.00 e. The Morgan fingerprint density at radius 1 is 0.441 bits per heavy atom. The van der Waals surface area contributed by atoms with E-state index in [1.54, 1.807) is 48.7 Å². The van der Waals surface area contributed by atoms with Gasteiger partial charge in [0, 0.05) is 65.3 Å². The smallest absolute Gasteiger partial charge is 1.00 e. The van der Waals surface area contributed by atoms with Crippen LogP contribution in [0.3, 0.4) is 0 Å². The molecule has 3 saturated heterocycles. The second kappa shape index (κ2) is 46.9. The van der Waals surface area contributed by atoms with E-state index in [0.29, 0.717) is 12.5 Å². The van der Waals surface area contributed by atoms with E-state index >= 15 is 0 Å². The zero-order chi connectivity index (χ0) is 80.9. The molecule has 15 heteroatoms. The summed E-state index contributed by atoms with van der Waals surface area (Å²) in [6.45, 7) is 7.99. The van der Waals surface area contributed by atoms with Crippen molar-refractivity contribution in [3.05, 3.63) is 426 Å². The Labute approximate surface area is 742 Å². The molecule has 604 valence electrons. The van der Waals surface area contributed by atoms with Crippen LogP contribution in [-0.2, 0) is 44.2 Å². The molecule has 5 unspecified atom stereocenters. The Hall–Kier alpha value is -9.33. The van der Waals surface area contributed by atoms with Crippen LogP contribution in [0.2, 0.25) is 0 Å². The number of rotatable bonds is 20. The summed E-state index contributed by atoms with van der Waals surface area (Å²) in [5.41, 5.74) is 21.0. The number of nitrogens with zero attached hydrogens (tertiary/aromatic N) is 2. The molecule has 0 radical (unpaired) electrons. The molecule has 13 aromatic carbocycles. The van der Waals surface area contributed by atoms with Crippen LogP contribution in [0.4, 0.5) is 0 Å². The van der Waals surface area contributed by atoms with Gasteiger partial charge >= 0.3 is 23.1 Å². The Bertz CT molecular complexity index is 5190. The maximum Gasteiger partial charge on any atom is 2.00 e. The molecule has 13 aromatic rings. The number of ether oxygens (including phenoxy) is 6. The summed E-state index contributed by atoms with van der Waals surface area (Å²) in [6.07, 6.45) is 5.17. The van der Waals surface area contributed by atoms with Crippen LogP contribution >= 0.6 is 31.9 Å². The van der Waals surface area contributed by atoms with E-state index in [9.17, 15) is 10.2 Å². The molecule has 1 aliphatic carbocycles. The molecule has 0 aromatic heterocycles. The SMILES string of the molecule is COc1c[c-]ccc1.COc1ccc2c(c1)Cc1ccccc1C21CCNC1.COc1cccc(C(O)c2ccccc2Br)c1.COc1cccc(Cc2ccccc2Br)c1.COc1cccc(Cc2ccccc2C2CCN(Cc3ccccc3)C2)c1.COc1cccc(Cc2ccccc2C2CN(Cc3ccccc3)CC2O)c1.[Br-].[Mg+2]. The molecule has 0 amide bonds. The van der Waals surface area contributed by atoms with Crippen LogP contribution in [0.15, 0.2) is 330 Å². The summed E-state index contributed by atoms with van der Waals surface area (Å²) in [5.74, 6) is 6.04. The molecular formula is C103H106Br3MgN3O8. The number of methoxy groups -OCH3 is 6. The first kappa shape index (κ1) is 91.0. The molecular weight excluding hydrogens is 1670 g/mol. The molecule has 11 nitrogen and oxygen atoms in total. The molecule has 17 rings (SSSR count). The quantitative estimate of drug-likeness (QED) is 0.0501. The van der Waals surface area contributed by atoms with E-state index in [4.69, 9.17) is 28.4 Å². The molecule has 5 atom stereocenters. The summed E-state index contributed by atoms with van der Waals surface area (Å²) in [5, 5.41) is 24.7. The predicted molar refractivity (Wildman–Crippen MR) is 483 cm³/mol. The van der Waals surface area contributed by atoms with Gasteiger partial charge in [0.1, 0.15) is 34.9 Å². The summed E-state index contributed by atoms with van der Waals surface area (Å²) in [7, 11) is 10.1. The average Bonchev–Trinajstić information content (AvgIpc) is 1.61. The Morgan fingerprint density at radius 2 is 0.915 bits per heavy atom. The summed E-state index contributed by atoms with van der Waals surface area (Å²) in [6, 6.07) is 113. The largest absolute Gasteiger partial charge is 2.00 e. The summed E-state index contributed by atoms with van der Waals surface area (Å²) < 4.78 is 33.4. The van der Waals surface area contributed by atoms with Crippen LogP contribution in [-0.4, -0.2) is 131 Å². The maximum absolute atomic E-state index is 10.8. The zero-order valence-corrected chi connectivity index (χ0v) is 74.6.